The number of rotatable bonds is 3. The average molecular weight is 114 g/mol. The van der Waals surface area contributed by atoms with Gasteiger partial charge in [0.25, 0.3) is 0 Å². The zero-order valence-corrected chi connectivity index (χ0v) is 5.14. The van der Waals surface area contributed by atoms with E-state index in [-0.39, 0.29) is 5.92 Å². The predicted octanol–water partition coefficient (Wildman–Crippen LogP) is 0.297. The second-order valence-electron chi connectivity index (χ2n) is 1.58. The van der Waals surface area contributed by atoms with Gasteiger partial charge >= 0.3 is 0 Å². The molecule has 0 aromatic carbocycles. The molecule has 0 radical (unpaired) electrons. The van der Waals surface area contributed by atoms with Crippen molar-refractivity contribution in [2.75, 3.05) is 13.7 Å². The Morgan fingerprint density at radius 2 is 2.50 bits per heavy atom. The van der Waals surface area contributed by atoms with E-state index >= 15 is 0 Å². The highest BCUT2D eigenvalue weighted by Gasteiger charge is 1.94. The molecule has 0 heterocycles. The maximum atomic E-state index is 8.22. The summed E-state index contributed by atoms with van der Waals surface area (Å²) in [5.41, 5.74) is 2.58. The first kappa shape index (κ1) is 7.41. The van der Waals surface area contributed by atoms with Crippen LogP contribution < -0.4 is 5.48 Å². The molecule has 0 rings (SSSR count). The van der Waals surface area contributed by atoms with Crippen molar-refractivity contribution in [3.63, 3.8) is 0 Å². The van der Waals surface area contributed by atoms with Crippen molar-refractivity contribution in [2.24, 2.45) is 5.92 Å². The fourth-order valence-corrected chi connectivity index (χ4v) is 0.254. The molecule has 0 saturated carbocycles. The molecule has 0 amide bonds. The highest BCUT2D eigenvalue weighted by Crippen LogP contribution is 1.85. The molecule has 3 heteroatoms. The minimum absolute atomic E-state index is 0.0231. The Labute approximate surface area is 49.2 Å². The molecular weight excluding hydrogens is 104 g/mol. The van der Waals surface area contributed by atoms with Crippen LogP contribution in [0.3, 0.4) is 0 Å². The fraction of sp³-hybridized carbons (Fsp3) is 0.800. The maximum Gasteiger partial charge on any atom is 0.0667 e. The number of nitriles is 1. The van der Waals surface area contributed by atoms with E-state index in [4.69, 9.17) is 5.26 Å². The summed E-state index contributed by atoms with van der Waals surface area (Å²) in [6, 6.07) is 2.06. The molecule has 1 unspecified atom stereocenters. The standard InChI is InChI=1S/C5H10N2O/c1-5(3-6)4-7-8-2/h5,7H,4H2,1-2H3. The summed E-state index contributed by atoms with van der Waals surface area (Å²) in [5.74, 6) is 0.0231. The summed E-state index contributed by atoms with van der Waals surface area (Å²) >= 11 is 0. The van der Waals surface area contributed by atoms with Crippen LogP contribution in [0.4, 0.5) is 0 Å². The Balaban J connectivity index is 3.02. The molecule has 0 spiro atoms. The van der Waals surface area contributed by atoms with Crippen LogP contribution in [0.25, 0.3) is 0 Å². The molecule has 8 heavy (non-hydrogen) atoms. The van der Waals surface area contributed by atoms with Gasteiger partial charge in [-0.1, -0.05) is 0 Å². The lowest BCUT2D eigenvalue weighted by atomic mass is 10.2. The van der Waals surface area contributed by atoms with Crippen molar-refractivity contribution in [1.29, 1.82) is 5.26 Å². The highest BCUT2D eigenvalue weighted by molar-refractivity contribution is 4.78. The number of hydrogen-bond acceptors (Lipinski definition) is 3. The number of hydrogen-bond donors (Lipinski definition) is 1. The van der Waals surface area contributed by atoms with Crippen molar-refractivity contribution in [2.45, 2.75) is 6.92 Å². The normalized spacial score (nSPS) is 12.6. The quantitative estimate of drug-likeness (QED) is 0.536. The van der Waals surface area contributed by atoms with E-state index in [1.807, 2.05) is 6.92 Å². The van der Waals surface area contributed by atoms with Crippen molar-refractivity contribution in [3.05, 3.63) is 0 Å². The van der Waals surface area contributed by atoms with Gasteiger partial charge in [-0.15, -0.1) is 0 Å². The minimum Gasteiger partial charge on any atom is -0.305 e. The van der Waals surface area contributed by atoms with Gasteiger partial charge in [0.2, 0.25) is 0 Å². The van der Waals surface area contributed by atoms with Crippen LogP contribution in [0.5, 0.6) is 0 Å². The molecule has 1 N–H and O–H groups in total. The van der Waals surface area contributed by atoms with Crippen molar-refractivity contribution in [3.8, 4) is 6.07 Å². The number of hydroxylamine groups is 1. The number of nitrogens with zero attached hydrogens (tertiary/aromatic N) is 1. The topological polar surface area (TPSA) is 45.0 Å². The Kier molecular flexibility index (Phi) is 4.23. The molecule has 0 aromatic heterocycles. The molecule has 0 aliphatic heterocycles. The first-order valence-electron chi connectivity index (χ1n) is 2.46. The fourth-order valence-electron chi connectivity index (χ4n) is 0.254. The van der Waals surface area contributed by atoms with E-state index in [0.717, 1.165) is 0 Å². The monoisotopic (exact) mass is 114 g/mol. The van der Waals surface area contributed by atoms with Crippen LogP contribution >= 0.6 is 0 Å². The van der Waals surface area contributed by atoms with Crippen LogP contribution in [-0.4, -0.2) is 13.7 Å². The molecular formula is C5H10N2O. The Morgan fingerprint density at radius 3 is 2.88 bits per heavy atom. The SMILES string of the molecule is CONCC(C)C#N. The first-order valence-corrected chi connectivity index (χ1v) is 2.46. The highest BCUT2D eigenvalue weighted by atomic mass is 16.6. The van der Waals surface area contributed by atoms with Crippen molar-refractivity contribution < 1.29 is 4.84 Å². The molecule has 0 saturated heterocycles. The lowest BCUT2D eigenvalue weighted by Gasteiger charge is -1.99. The molecule has 0 fully saturated rings. The van der Waals surface area contributed by atoms with Crippen LogP contribution in [0.1, 0.15) is 6.92 Å². The van der Waals surface area contributed by atoms with Crippen molar-refractivity contribution >= 4 is 0 Å². The van der Waals surface area contributed by atoms with Gasteiger partial charge in [0.1, 0.15) is 0 Å². The molecule has 0 aliphatic rings. The first-order chi connectivity index (χ1) is 3.81. The summed E-state index contributed by atoms with van der Waals surface area (Å²) in [7, 11) is 1.53. The molecule has 0 aliphatic carbocycles. The third kappa shape index (κ3) is 3.59. The minimum atomic E-state index is 0.0231. The zero-order valence-electron chi connectivity index (χ0n) is 5.14. The van der Waals surface area contributed by atoms with E-state index in [0.29, 0.717) is 6.54 Å². The van der Waals surface area contributed by atoms with Gasteiger partial charge in [0.15, 0.2) is 0 Å². The second-order valence-corrected chi connectivity index (χ2v) is 1.58. The van der Waals surface area contributed by atoms with E-state index in [1.54, 1.807) is 0 Å². The van der Waals surface area contributed by atoms with Gasteiger partial charge in [-0.25, -0.2) is 5.48 Å². The lowest BCUT2D eigenvalue weighted by Crippen LogP contribution is -2.18. The van der Waals surface area contributed by atoms with Gasteiger partial charge in [-0.2, -0.15) is 5.26 Å². The molecule has 0 aromatic rings. The largest absolute Gasteiger partial charge is 0.305 e. The van der Waals surface area contributed by atoms with Gasteiger partial charge in [-0.05, 0) is 6.92 Å². The summed E-state index contributed by atoms with van der Waals surface area (Å²) in [6.07, 6.45) is 0. The summed E-state index contributed by atoms with van der Waals surface area (Å²) in [5, 5.41) is 8.22. The third-order valence-electron chi connectivity index (χ3n) is 0.754. The van der Waals surface area contributed by atoms with Gasteiger partial charge in [-0.3, -0.25) is 0 Å². The molecule has 46 valence electrons. The predicted molar refractivity (Wildman–Crippen MR) is 29.8 cm³/mol. The second kappa shape index (κ2) is 4.57. The molecule has 3 nitrogen and oxygen atoms in total. The van der Waals surface area contributed by atoms with E-state index < -0.39 is 0 Å². The van der Waals surface area contributed by atoms with E-state index in [2.05, 4.69) is 16.4 Å². The van der Waals surface area contributed by atoms with Crippen molar-refractivity contribution in [1.82, 2.24) is 5.48 Å². The summed E-state index contributed by atoms with van der Waals surface area (Å²) in [4.78, 5) is 4.51. The van der Waals surface area contributed by atoms with Crippen LogP contribution in [0, 0.1) is 17.2 Å². The van der Waals surface area contributed by atoms with E-state index in [1.165, 1.54) is 7.11 Å². The maximum absolute atomic E-state index is 8.22. The van der Waals surface area contributed by atoms with E-state index in [9.17, 15) is 0 Å². The third-order valence-corrected chi connectivity index (χ3v) is 0.754. The van der Waals surface area contributed by atoms with Crippen LogP contribution in [-0.2, 0) is 4.84 Å². The van der Waals surface area contributed by atoms with Gasteiger partial charge in [0, 0.05) is 6.54 Å². The number of nitrogens with one attached hydrogen (secondary N) is 1. The smallest absolute Gasteiger partial charge is 0.0667 e. The van der Waals surface area contributed by atoms with Gasteiger partial charge < -0.3 is 4.84 Å². The average Bonchev–Trinajstić information content (AvgIpc) is 1.83. The Bertz CT molecular complexity index is 86.9. The summed E-state index contributed by atoms with van der Waals surface area (Å²) in [6.45, 7) is 2.42. The summed E-state index contributed by atoms with van der Waals surface area (Å²) < 4.78 is 0. The molecule has 1 atom stereocenters. The lowest BCUT2D eigenvalue weighted by molar-refractivity contribution is 0.0865. The Hall–Kier alpha value is -0.590. The van der Waals surface area contributed by atoms with Crippen LogP contribution in [0.15, 0.2) is 0 Å². The zero-order chi connectivity index (χ0) is 6.41. The van der Waals surface area contributed by atoms with Gasteiger partial charge in [0.05, 0.1) is 19.1 Å². The molecule has 0 bridgehead atoms. The Morgan fingerprint density at radius 1 is 1.88 bits per heavy atom. The van der Waals surface area contributed by atoms with Crippen LogP contribution in [0.2, 0.25) is 0 Å².